The third-order valence-corrected chi connectivity index (χ3v) is 2.51. The highest BCUT2D eigenvalue weighted by Crippen LogP contribution is 2.20. The summed E-state index contributed by atoms with van der Waals surface area (Å²) in [5, 5.41) is 26.7. The summed E-state index contributed by atoms with van der Waals surface area (Å²) in [6, 6.07) is 9.57. The van der Waals surface area contributed by atoms with E-state index in [2.05, 4.69) is 0 Å². The monoisotopic (exact) mass is 222 g/mol. The van der Waals surface area contributed by atoms with Crippen molar-refractivity contribution in [1.29, 1.82) is 0 Å². The van der Waals surface area contributed by atoms with Gasteiger partial charge in [0.2, 0.25) is 0 Å². The van der Waals surface area contributed by atoms with E-state index >= 15 is 0 Å². The lowest BCUT2D eigenvalue weighted by Crippen LogP contribution is -2.23. The lowest BCUT2D eigenvalue weighted by atomic mass is 9.68. The molecule has 3 N–H and O–H groups in total. The second-order valence-corrected chi connectivity index (χ2v) is 3.80. The summed E-state index contributed by atoms with van der Waals surface area (Å²) in [6.07, 6.45) is 0.884. The number of hydrogen-bond acceptors (Lipinski definition) is 3. The molecule has 86 valence electrons. The Bertz CT molecular complexity index is 326. The van der Waals surface area contributed by atoms with Gasteiger partial charge in [0.05, 0.1) is 0 Å². The minimum absolute atomic E-state index is 0.218. The van der Waals surface area contributed by atoms with Crippen molar-refractivity contribution in [3.63, 3.8) is 0 Å². The first-order valence-electron chi connectivity index (χ1n) is 5.21. The van der Waals surface area contributed by atoms with Gasteiger partial charge in [-0.15, -0.1) is 0 Å². The molecular weight excluding hydrogens is 207 g/mol. The molecule has 0 saturated carbocycles. The van der Waals surface area contributed by atoms with Crippen molar-refractivity contribution in [2.24, 2.45) is 0 Å². The van der Waals surface area contributed by atoms with Crippen molar-refractivity contribution in [3.05, 3.63) is 35.9 Å². The van der Waals surface area contributed by atoms with E-state index in [4.69, 9.17) is 15.2 Å². The van der Waals surface area contributed by atoms with Gasteiger partial charge >= 0.3 is 13.1 Å². The van der Waals surface area contributed by atoms with Crippen molar-refractivity contribution in [3.8, 4) is 0 Å². The smallest absolute Gasteiger partial charge is 0.455 e. The minimum Gasteiger partial charge on any atom is -0.481 e. The summed E-state index contributed by atoms with van der Waals surface area (Å²) in [5.74, 6) is -1.62. The first-order valence-corrected chi connectivity index (χ1v) is 5.21. The SMILES string of the molecule is O=C(O)CC(CCc1ccccc1)B(O)O. The fraction of sp³-hybridized carbons (Fsp3) is 0.364. The third kappa shape index (κ3) is 4.46. The molecule has 0 radical (unpaired) electrons. The Hall–Kier alpha value is -1.33. The van der Waals surface area contributed by atoms with Gasteiger partial charge in [0.15, 0.2) is 0 Å². The number of rotatable bonds is 6. The summed E-state index contributed by atoms with van der Waals surface area (Å²) in [4.78, 5) is 10.5. The van der Waals surface area contributed by atoms with Gasteiger partial charge in [0.1, 0.15) is 0 Å². The van der Waals surface area contributed by atoms with E-state index in [0.717, 1.165) is 5.56 Å². The quantitative estimate of drug-likeness (QED) is 0.626. The largest absolute Gasteiger partial charge is 0.481 e. The number of aryl methyl sites for hydroxylation is 1. The molecule has 0 spiro atoms. The van der Waals surface area contributed by atoms with Gasteiger partial charge in [-0.05, 0) is 18.4 Å². The van der Waals surface area contributed by atoms with Crippen molar-refractivity contribution in [2.75, 3.05) is 0 Å². The maximum atomic E-state index is 10.5. The van der Waals surface area contributed by atoms with Crippen LogP contribution in [0.2, 0.25) is 5.82 Å². The fourth-order valence-electron chi connectivity index (χ4n) is 1.58. The highest BCUT2D eigenvalue weighted by molar-refractivity contribution is 6.43. The molecule has 0 heterocycles. The molecule has 0 fully saturated rings. The van der Waals surface area contributed by atoms with Gasteiger partial charge in [-0.2, -0.15) is 0 Å². The highest BCUT2D eigenvalue weighted by Gasteiger charge is 2.25. The third-order valence-electron chi connectivity index (χ3n) is 2.51. The molecule has 16 heavy (non-hydrogen) atoms. The Balaban J connectivity index is 2.47. The Morgan fingerprint density at radius 3 is 2.38 bits per heavy atom. The van der Waals surface area contributed by atoms with Crippen molar-refractivity contribution in [2.45, 2.75) is 25.1 Å². The van der Waals surface area contributed by atoms with Gasteiger partial charge in [-0.1, -0.05) is 30.3 Å². The molecule has 0 amide bonds. The molecule has 5 heteroatoms. The molecule has 1 atom stereocenters. The number of carbonyl (C=O) groups is 1. The highest BCUT2D eigenvalue weighted by atomic mass is 16.4. The van der Waals surface area contributed by atoms with Crippen LogP contribution in [0.1, 0.15) is 18.4 Å². The van der Waals surface area contributed by atoms with Crippen LogP contribution in [0.3, 0.4) is 0 Å². The fourth-order valence-corrected chi connectivity index (χ4v) is 1.58. The van der Waals surface area contributed by atoms with Crippen molar-refractivity contribution < 1.29 is 19.9 Å². The van der Waals surface area contributed by atoms with Crippen LogP contribution in [0.4, 0.5) is 0 Å². The zero-order valence-electron chi connectivity index (χ0n) is 8.91. The molecule has 0 aromatic heterocycles. The van der Waals surface area contributed by atoms with Crippen LogP contribution in [-0.4, -0.2) is 28.2 Å². The lowest BCUT2D eigenvalue weighted by Gasteiger charge is -2.13. The first-order chi connectivity index (χ1) is 7.59. The summed E-state index contributed by atoms with van der Waals surface area (Å²) in [5.41, 5.74) is 1.07. The van der Waals surface area contributed by atoms with E-state index in [1.54, 1.807) is 0 Å². The van der Waals surface area contributed by atoms with Crippen LogP contribution in [0.15, 0.2) is 30.3 Å². The van der Waals surface area contributed by atoms with Crippen LogP contribution in [0.25, 0.3) is 0 Å². The lowest BCUT2D eigenvalue weighted by molar-refractivity contribution is -0.137. The van der Waals surface area contributed by atoms with E-state index in [1.807, 2.05) is 30.3 Å². The van der Waals surface area contributed by atoms with E-state index in [0.29, 0.717) is 12.8 Å². The molecule has 0 aliphatic rings. The number of benzene rings is 1. The molecule has 1 unspecified atom stereocenters. The second-order valence-electron chi connectivity index (χ2n) is 3.80. The standard InChI is InChI=1S/C11H15BO4/c13-11(14)8-10(12(15)16)7-6-9-4-2-1-3-5-9/h1-5,10,15-16H,6-8H2,(H,13,14). The average Bonchev–Trinajstić information content (AvgIpc) is 2.25. The van der Waals surface area contributed by atoms with E-state index < -0.39 is 18.9 Å². The van der Waals surface area contributed by atoms with Crippen LogP contribution in [0, 0.1) is 0 Å². The van der Waals surface area contributed by atoms with Gasteiger partial charge in [0.25, 0.3) is 0 Å². The molecular formula is C11H15BO4. The van der Waals surface area contributed by atoms with E-state index in [-0.39, 0.29) is 6.42 Å². The normalized spacial score (nSPS) is 12.1. The zero-order chi connectivity index (χ0) is 12.0. The van der Waals surface area contributed by atoms with Crippen LogP contribution >= 0.6 is 0 Å². The van der Waals surface area contributed by atoms with Crippen LogP contribution in [0.5, 0.6) is 0 Å². The summed E-state index contributed by atoms with van der Waals surface area (Å²) < 4.78 is 0. The molecule has 1 aromatic rings. The first kappa shape index (κ1) is 12.7. The van der Waals surface area contributed by atoms with Crippen LogP contribution in [-0.2, 0) is 11.2 Å². The second kappa shape index (κ2) is 6.30. The maximum Gasteiger partial charge on any atom is 0.455 e. The van der Waals surface area contributed by atoms with Crippen molar-refractivity contribution >= 4 is 13.1 Å². The number of carboxylic acid groups (broad SMARTS) is 1. The number of hydrogen-bond donors (Lipinski definition) is 3. The Labute approximate surface area is 94.7 Å². The van der Waals surface area contributed by atoms with Gasteiger partial charge in [-0.25, -0.2) is 0 Å². The predicted molar refractivity (Wildman–Crippen MR) is 61.0 cm³/mol. The molecule has 0 bridgehead atoms. The molecule has 1 aromatic carbocycles. The Morgan fingerprint density at radius 1 is 1.25 bits per heavy atom. The summed E-state index contributed by atoms with van der Waals surface area (Å²) >= 11 is 0. The minimum atomic E-state index is -1.57. The number of aliphatic carboxylic acids is 1. The van der Waals surface area contributed by atoms with Crippen molar-refractivity contribution in [1.82, 2.24) is 0 Å². The zero-order valence-corrected chi connectivity index (χ0v) is 8.91. The summed E-state index contributed by atoms with van der Waals surface area (Å²) in [6.45, 7) is 0. The summed E-state index contributed by atoms with van der Waals surface area (Å²) in [7, 11) is -1.57. The van der Waals surface area contributed by atoms with E-state index in [1.165, 1.54) is 0 Å². The van der Waals surface area contributed by atoms with E-state index in [9.17, 15) is 4.79 Å². The van der Waals surface area contributed by atoms with Crippen LogP contribution < -0.4 is 0 Å². The molecule has 0 saturated heterocycles. The topological polar surface area (TPSA) is 77.8 Å². The van der Waals surface area contributed by atoms with Gasteiger partial charge < -0.3 is 15.2 Å². The van der Waals surface area contributed by atoms with Gasteiger partial charge in [-0.3, -0.25) is 4.79 Å². The maximum absolute atomic E-state index is 10.5. The Kier molecular flexibility index (Phi) is 5.02. The average molecular weight is 222 g/mol. The molecule has 0 aliphatic heterocycles. The number of carboxylic acids is 1. The molecule has 4 nitrogen and oxygen atoms in total. The molecule has 0 aliphatic carbocycles. The predicted octanol–water partition coefficient (Wildman–Crippen LogP) is 0.937. The van der Waals surface area contributed by atoms with Gasteiger partial charge in [0, 0.05) is 12.2 Å². The molecule has 1 rings (SSSR count). The Morgan fingerprint density at radius 2 is 1.88 bits per heavy atom.